The molecule has 1 aliphatic heterocycles. The Bertz CT molecular complexity index is 563. The molecule has 2 amide bonds. The number of nitrogens with zero attached hydrogens (tertiary/aromatic N) is 1. The molecule has 134 valence electrons. The highest BCUT2D eigenvalue weighted by Crippen LogP contribution is 2.25. The molecule has 6 heteroatoms. The first-order valence-corrected chi connectivity index (χ1v) is 9.74. The molecule has 24 heavy (non-hydrogen) atoms. The van der Waals surface area contributed by atoms with Crippen LogP contribution in [0.4, 0.5) is 4.79 Å². The number of amides is 2. The molecule has 0 saturated carbocycles. The largest absolute Gasteiger partial charge is 0.450 e. The van der Waals surface area contributed by atoms with E-state index in [0.29, 0.717) is 19.7 Å². The van der Waals surface area contributed by atoms with Crippen LogP contribution < -0.4 is 5.32 Å². The summed E-state index contributed by atoms with van der Waals surface area (Å²) in [6.07, 6.45) is 4.41. The van der Waals surface area contributed by atoms with E-state index in [1.165, 1.54) is 10.4 Å². The van der Waals surface area contributed by atoms with Gasteiger partial charge in [0.05, 0.1) is 11.5 Å². The molecule has 1 aromatic rings. The zero-order valence-electron chi connectivity index (χ0n) is 14.9. The van der Waals surface area contributed by atoms with Crippen molar-refractivity contribution in [1.82, 2.24) is 10.2 Å². The molecule has 1 aromatic heterocycles. The number of piperidine rings is 1. The van der Waals surface area contributed by atoms with Crippen molar-refractivity contribution in [2.24, 2.45) is 0 Å². The number of carbonyl (C=O) groups excluding carboxylic acids is 2. The van der Waals surface area contributed by atoms with Crippen LogP contribution in [-0.2, 0) is 17.6 Å². The minimum absolute atomic E-state index is 0.0200. The first-order valence-electron chi connectivity index (χ1n) is 8.93. The van der Waals surface area contributed by atoms with Gasteiger partial charge in [-0.1, -0.05) is 20.3 Å². The Balaban J connectivity index is 1.88. The van der Waals surface area contributed by atoms with Gasteiger partial charge in [0, 0.05) is 24.0 Å². The molecule has 0 aromatic carbocycles. The van der Waals surface area contributed by atoms with Gasteiger partial charge in [0.2, 0.25) is 0 Å². The Morgan fingerprint density at radius 3 is 2.58 bits per heavy atom. The number of nitrogens with one attached hydrogen (secondary N) is 1. The molecule has 0 bridgehead atoms. The average Bonchev–Trinajstić information content (AvgIpc) is 2.99. The fourth-order valence-corrected chi connectivity index (χ4v) is 4.25. The number of thiophene rings is 1. The average molecular weight is 353 g/mol. The van der Waals surface area contributed by atoms with E-state index < -0.39 is 0 Å². The van der Waals surface area contributed by atoms with E-state index in [9.17, 15) is 9.59 Å². The SMILES string of the molecule is CCCc1sc(C(=O)NC2CCN(C(=O)OCC)CC2)cc1CC. The van der Waals surface area contributed by atoms with E-state index in [1.54, 1.807) is 16.2 Å². The van der Waals surface area contributed by atoms with Crippen molar-refractivity contribution in [3.8, 4) is 0 Å². The molecule has 2 heterocycles. The Morgan fingerprint density at radius 2 is 2.00 bits per heavy atom. The minimum atomic E-state index is -0.252. The van der Waals surface area contributed by atoms with Crippen LogP contribution in [0.5, 0.6) is 0 Å². The number of hydrogen-bond donors (Lipinski definition) is 1. The maximum atomic E-state index is 12.5. The highest BCUT2D eigenvalue weighted by atomic mass is 32.1. The maximum Gasteiger partial charge on any atom is 0.409 e. The second-order valence-electron chi connectivity index (χ2n) is 6.10. The van der Waals surface area contributed by atoms with E-state index in [2.05, 4.69) is 19.2 Å². The van der Waals surface area contributed by atoms with Gasteiger partial charge >= 0.3 is 6.09 Å². The van der Waals surface area contributed by atoms with Crippen molar-refractivity contribution in [2.75, 3.05) is 19.7 Å². The van der Waals surface area contributed by atoms with Gasteiger partial charge in [0.15, 0.2) is 0 Å². The first kappa shape index (κ1) is 18.8. The fourth-order valence-electron chi connectivity index (χ4n) is 2.99. The summed E-state index contributed by atoms with van der Waals surface area (Å²) in [4.78, 5) is 28.1. The number of carbonyl (C=O) groups is 2. The molecule has 0 unspecified atom stereocenters. The molecule has 1 saturated heterocycles. The third kappa shape index (κ3) is 4.72. The minimum Gasteiger partial charge on any atom is -0.450 e. The Labute approximate surface area is 148 Å². The predicted octanol–water partition coefficient (Wildman–Crippen LogP) is 3.61. The Morgan fingerprint density at radius 1 is 1.29 bits per heavy atom. The molecule has 1 aliphatic rings. The molecular formula is C18H28N2O3S. The van der Waals surface area contributed by atoms with E-state index in [-0.39, 0.29) is 18.0 Å². The van der Waals surface area contributed by atoms with E-state index in [4.69, 9.17) is 4.74 Å². The van der Waals surface area contributed by atoms with Crippen molar-refractivity contribution in [1.29, 1.82) is 0 Å². The maximum absolute atomic E-state index is 12.5. The van der Waals surface area contributed by atoms with Gasteiger partial charge in [-0.2, -0.15) is 0 Å². The molecule has 0 aliphatic carbocycles. The summed E-state index contributed by atoms with van der Waals surface area (Å²) in [6, 6.07) is 2.17. The monoisotopic (exact) mass is 352 g/mol. The first-order chi connectivity index (χ1) is 11.6. The molecule has 0 atom stereocenters. The Kier molecular flexibility index (Phi) is 7.09. The van der Waals surface area contributed by atoms with Crippen LogP contribution in [0.3, 0.4) is 0 Å². The van der Waals surface area contributed by atoms with Gasteiger partial charge in [0.25, 0.3) is 5.91 Å². The number of aryl methyl sites for hydroxylation is 2. The predicted molar refractivity (Wildman–Crippen MR) is 96.8 cm³/mol. The van der Waals surface area contributed by atoms with Gasteiger partial charge in [-0.15, -0.1) is 11.3 Å². The number of hydrogen-bond acceptors (Lipinski definition) is 4. The quantitative estimate of drug-likeness (QED) is 0.851. The standard InChI is InChI=1S/C18H28N2O3S/c1-4-7-15-13(5-2)12-16(24-15)17(21)19-14-8-10-20(11-9-14)18(22)23-6-3/h12,14H,4-11H2,1-3H3,(H,19,21). The Hall–Kier alpha value is -1.56. The normalized spacial score (nSPS) is 15.4. The number of rotatable bonds is 6. The topological polar surface area (TPSA) is 58.6 Å². The molecule has 1 N–H and O–H groups in total. The fraction of sp³-hybridized carbons (Fsp3) is 0.667. The van der Waals surface area contributed by atoms with Crippen LogP contribution in [0.1, 0.15) is 60.1 Å². The third-order valence-electron chi connectivity index (χ3n) is 4.33. The van der Waals surface area contributed by atoms with Crippen LogP contribution >= 0.6 is 11.3 Å². The number of ether oxygens (including phenoxy) is 1. The summed E-state index contributed by atoms with van der Waals surface area (Å²) >= 11 is 1.62. The highest BCUT2D eigenvalue weighted by molar-refractivity contribution is 7.14. The van der Waals surface area contributed by atoms with Gasteiger partial charge in [-0.3, -0.25) is 4.79 Å². The zero-order valence-corrected chi connectivity index (χ0v) is 15.7. The summed E-state index contributed by atoms with van der Waals surface area (Å²) in [6.45, 7) is 7.77. The summed E-state index contributed by atoms with van der Waals surface area (Å²) in [5.74, 6) is 0.0200. The van der Waals surface area contributed by atoms with Crippen LogP contribution in [-0.4, -0.2) is 42.6 Å². The highest BCUT2D eigenvalue weighted by Gasteiger charge is 2.25. The molecule has 2 rings (SSSR count). The lowest BCUT2D eigenvalue weighted by atomic mass is 10.1. The van der Waals surface area contributed by atoms with Gasteiger partial charge in [0.1, 0.15) is 0 Å². The lowest BCUT2D eigenvalue weighted by Crippen LogP contribution is -2.46. The van der Waals surface area contributed by atoms with Crippen molar-refractivity contribution in [3.63, 3.8) is 0 Å². The molecule has 1 fully saturated rings. The lowest BCUT2D eigenvalue weighted by Gasteiger charge is -2.31. The van der Waals surface area contributed by atoms with E-state index in [1.807, 2.05) is 13.0 Å². The summed E-state index contributed by atoms with van der Waals surface area (Å²) in [5.41, 5.74) is 1.30. The van der Waals surface area contributed by atoms with Crippen molar-refractivity contribution < 1.29 is 14.3 Å². The van der Waals surface area contributed by atoms with Gasteiger partial charge < -0.3 is 15.0 Å². The molecule has 5 nitrogen and oxygen atoms in total. The van der Waals surface area contributed by atoms with Gasteiger partial charge in [-0.05, 0) is 44.2 Å². The van der Waals surface area contributed by atoms with Crippen molar-refractivity contribution >= 4 is 23.3 Å². The molecule has 0 radical (unpaired) electrons. The summed E-state index contributed by atoms with van der Waals surface area (Å²) in [5, 5.41) is 3.13. The lowest BCUT2D eigenvalue weighted by molar-refractivity contribution is 0.0862. The molecular weight excluding hydrogens is 324 g/mol. The van der Waals surface area contributed by atoms with E-state index >= 15 is 0 Å². The smallest absolute Gasteiger partial charge is 0.409 e. The third-order valence-corrected chi connectivity index (χ3v) is 5.57. The second kappa shape index (κ2) is 9.06. The van der Waals surface area contributed by atoms with Crippen molar-refractivity contribution in [3.05, 3.63) is 21.4 Å². The zero-order chi connectivity index (χ0) is 17.5. The second-order valence-corrected chi connectivity index (χ2v) is 7.23. The number of likely N-dealkylation sites (tertiary alicyclic amines) is 1. The van der Waals surface area contributed by atoms with Crippen LogP contribution in [0.15, 0.2) is 6.07 Å². The summed E-state index contributed by atoms with van der Waals surface area (Å²) in [7, 11) is 0. The summed E-state index contributed by atoms with van der Waals surface area (Å²) < 4.78 is 5.02. The van der Waals surface area contributed by atoms with Gasteiger partial charge in [-0.25, -0.2) is 4.79 Å². The molecule has 0 spiro atoms. The van der Waals surface area contributed by atoms with Crippen LogP contribution in [0, 0.1) is 0 Å². The van der Waals surface area contributed by atoms with Crippen LogP contribution in [0.25, 0.3) is 0 Å². The van der Waals surface area contributed by atoms with Crippen LogP contribution in [0.2, 0.25) is 0 Å². The van der Waals surface area contributed by atoms with Crippen molar-refractivity contribution in [2.45, 2.75) is 58.9 Å². The van der Waals surface area contributed by atoms with E-state index in [0.717, 1.165) is 37.0 Å².